The number of aromatic nitrogens is 2. The normalized spacial score (nSPS) is 16.5. The molecule has 2 aromatic rings. The number of aromatic amines is 1. The number of ether oxygens (including phenoxy) is 1. The van der Waals surface area contributed by atoms with Crippen molar-refractivity contribution in [3.8, 4) is 11.1 Å². The number of nitrogens with one attached hydrogen (secondary N) is 3. The lowest BCUT2D eigenvalue weighted by molar-refractivity contribution is -0.119. The number of hydrogen-bond acceptors (Lipinski definition) is 5. The van der Waals surface area contributed by atoms with Crippen LogP contribution in [0.1, 0.15) is 49.9 Å². The van der Waals surface area contributed by atoms with Gasteiger partial charge in [0.1, 0.15) is 6.04 Å². The molecule has 0 radical (unpaired) electrons. The van der Waals surface area contributed by atoms with E-state index in [1.54, 1.807) is 0 Å². The van der Waals surface area contributed by atoms with E-state index < -0.39 is 12.1 Å². The van der Waals surface area contributed by atoms with Crippen molar-refractivity contribution in [3.05, 3.63) is 35.7 Å². The number of anilines is 1. The maximum absolute atomic E-state index is 13.3. The Labute approximate surface area is 194 Å². The van der Waals surface area contributed by atoms with Crippen molar-refractivity contribution in [1.29, 1.82) is 0 Å². The predicted molar refractivity (Wildman–Crippen MR) is 126 cm³/mol. The van der Waals surface area contributed by atoms with Crippen LogP contribution < -0.4 is 10.6 Å². The summed E-state index contributed by atoms with van der Waals surface area (Å²) in [4.78, 5) is 25.7. The van der Waals surface area contributed by atoms with E-state index in [1.807, 2.05) is 38.1 Å². The first-order chi connectivity index (χ1) is 16.0. The Balaban J connectivity index is 1.44. The van der Waals surface area contributed by atoms with Gasteiger partial charge in [0.25, 0.3) is 0 Å². The first kappa shape index (κ1) is 23.3. The minimum atomic E-state index is -0.617. The van der Waals surface area contributed by atoms with E-state index in [9.17, 15) is 9.59 Å². The van der Waals surface area contributed by atoms with E-state index in [2.05, 4.69) is 20.8 Å². The molecule has 0 bridgehead atoms. The van der Waals surface area contributed by atoms with E-state index in [0.717, 1.165) is 48.2 Å². The Kier molecular flexibility index (Phi) is 7.33. The smallest absolute Gasteiger partial charge is 0.407 e. The molecule has 2 saturated carbocycles. The van der Waals surface area contributed by atoms with Crippen molar-refractivity contribution in [2.45, 2.75) is 58.4 Å². The number of aliphatic hydroxyl groups excluding tert-OH is 1. The maximum Gasteiger partial charge on any atom is 0.407 e. The van der Waals surface area contributed by atoms with E-state index in [1.165, 1.54) is 0 Å². The van der Waals surface area contributed by atoms with Crippen molar-refractivity contribution in [2.24, 2.45) is 17.8 Å². The van der Waals surface area contributed by atoms with Gasteiger partial charge in [-0.25, -0.2) is 4.79 Å². The number of carbonyl (C=O) groups excluding carboxylic acids is 2. The first-order valence-electron chi connectivity index (χ1n) is 11.9. The predicted octanol–water partition coefficient (Wildman–Crippen LogP) is 3.94. The maximum atomic E-state index is 13.3. The SMILES string of the molecule is Cc1n[nH]c(C)c1-c1ccc(NC(=O)C(NC(=O)OCCCCO)C(C2CC2)C2CC2)cc1. The molecule has 0 spiro atoms. The number of hydrogen-bond donors (Lipinski definition) is 4. The summed E-state index contributed by atoms with van der Waals surface area (Å²) >= 11 is 0. The number of H-pyrrole nitrogens is 1. The van der Waals surface area contributed by atoms with Gasteiger partial charge in [-0.2, -0.15) is 5.10 Å². The number of aliphatic hydroxyl groups is 1. The number of carbonyl (C=O) groups is 2. The van der Waals surface area contributed by atoms with Gasteiger partial charge in [-0.15, -0.1) is 0 Å². The number of amides is 2. The molecular formula is C25H34N4O4. The highest BCUT2D eigenvalue weighted by Crippen LogP contribution is 2.50. The number of benzene rings is 1. The van der Waals surface area contributed by atoms with Crippen molar-refractivity contribution < 1.29 is 19.4 Å². The lowest BCUT2D eigenvalue weighted by Crippen LogP contribution is -2.50. The van der Waals surface area contributed by atoms with Crippen LogP contribution in [0.15, 0.2) is 24.3 Å². The Morgan fingerprint density at radius 2 is 1.79 bits per heavy atom. The summed E-state index contributed by atoms with van der Waals surface area (Å²) in [7, 11) is 0. The van der Waals surface area contributed by atoms with Gasteiger partial charge in [-0.05, 0) is 87.8 Å². The van der Waals surface area contributed by atoms with Gasteiger partial charge in [0.15, 0.2) is 0 Å². The summed E-state index contributed by atoms with van der Waals surface area (Å²) in [5.74, 6) is 0.912. The van der Waals surface area contributed by atoms with Crippen LogP contribution in [0, 0.1) is 31.6 Å². The molecule has 1 unspecified atom stereocenters. The molecule has 1 atom stereocenters. The zero-order chi connectivity index (χ0) is 23.4. The fourth-order valence-electron chi connectivity index (χ4n) is 4.69. The fraction of sp³-hybridized carbons (Fsp3) is 0.560. The Hall–Kier alpha value is -2.87. The number of unbranched alkanes of at least 4 members (excludes halogenated alkanes) is 1. The topological polar surface area (TPSA) is 116 Å². The molecule has 2 aliphatic carbocycles. The van der Waals surface area contributed by atoms with Crippen LogP contribution in [0.3, 0.4) is 0 Å². The number of nitrogens with zero attached hydrogens (tertiary/aromatic N) is 1. The minimum Gasteiger partial charge on any atom is -0.450 e. The van der Waals surface area contributed by atoms with Crippen LogP contribution >= 0.6 is 0 Å². The van der Waals surface area contributed by atoms with Crippen molar-refractivity contribution in [1.82, 2.24) is 15.5 Å². The van der Waals surface area contributed by atoms with Crippen molar-refractivity contribution in [2.75, 3.05) is 18.5 Å². The second-order valence-electron chi connectivity index (χ2n) is 9.32. The average Bonchev–Trinajstić information content (AvgIpc) is 3.72. The number of alkyl carbamates (subject to hydrolysis) is 1. The van der Waals surface area contributed by atoms with Crippen LogP contribution in [0.4, 0.5) is 10.5 Å². The van der Waals surface area contributed by atoms with Gasteiger partial charge in [-0.3, -0.25) is 9.89 Å². The molecule has 4 N–H and O–H groups in total. The van der Waals surface area contributed by atoms with Gasteiger partial charge >= 0.3 is 6.09 Å². The van der Waals surface area contributed by atoms with Crippen LogP contribution in [-0.2, 0) is 9.53 Å². The van der Waals surface area contributed by atoms with Crippen LogP contribution in [-0.4, -0.2) is 46.6 Å². The summed E-state index contributed by atoms with van der Waals surface area (Å²) in [5.41, 5.74) is 4.73. The Bertz CT molecular complexity index is 932. The molecule has 2 amide bonds. The largest absolute Gasteiger partial charge is 0.450 e. The lowest BCUT2D eigenvalue weighted by atomic mass is 9.88. The third kappa shape index (κ3) is 5.93. The molecule has 8 nitrogen and oxygen atoms in total. The number of rotatable bonds is 11. The van der Waals surface area contributed by atoms with E-state index >= 15 is 0 Å². The van der Waals surface area contributed by atoms with Crippen LogP contribution in [0.2, 0.25) is 0 Å². The molecule has 0 saturated heterocycles. The van der Waals surface area contributed by atoms with Crippen molar-refractivity contribution in [3.63, 3.8) is 0 Å². The molecule has 1 heterocycles. The molecular weight excluding hydrogens is 420 g/mol. The van der Waals surface area contributed by atoms with Gasteiger partial charge in [0.2, 0.25) is 5.91 Å². The van der Waals surface area contributed by atoms with E-state index in [-0.39, 0.29) is 25.0 Å². The molecule has 178 valence electrons. The standard InChI is InChI=1S/C25H34N4O4/c1-15-21(16(2)29-28-15)17-9-11-20(12-10-17)26-24(31)23(22(18-5-6-18)19-7-8-19)27-25(32)33-14-4-3-13-30/h9-12,18-19,22-23,30H,3-8,13-14H2,1-2H3,(H,26,31)(H,27,32)(H,28,29). The second-order valence-corrected chi connectivity index (χ2v) is 9.32. The molecule has 1 aromatic heterocycles. The van der Waals surface area contributed by atoms with Crippen LogP contribution in [0.5, 0.6) is 0 Å². The Morgan fingerprint density at radius 1 is 1.12 bits per heavy atom. The zero-order valence-corrected chi connectivity index (χ0v) is 19.4. The Morgan fingerprint density at radius 3 is 2.33 bits per heavy atom. The molecule has 33 heavy (non-hydrogen) atoms. The third-order valence-electron chi connectivity index (χ3n) is 6.63. The van der Waals surface area contributed by atoms with Crippen LogP contribution in [0.25, 0.3) is 11.1 Å². The molecule has 2 fully saturated rings. The molecule has 0 aliphatic heterocycles. The number of aryl methyl sites for hydroxylation is 2. The molecule has 2 aliphatic rings. The van der Waals surface area contributed by atoms with Gasteiger partial charge in [0, 0.05) is 23.6 Å². The third-order valence-corrected chi connectivity index (χ3v) is 6.63. The summed E-state index contributed by atoms with van der Waals surface area (Å²) < 4.78 is 5.25. The fourth-order valence-corrected chi connectivity index (χ4v) is 4.69. The summed E-state index contributed by atoms with van der Waals surface area (Å²) in [5, 5.41) is 22.0. The first-order valence-corrected chi connectivity index (χ1v) is 11.9. The highest BCUT2D eigenvalue weighted by atomic mass is 16.5. The van der Waals surface area contributed by atoms with E-state index in [0.29, 0.717) is 30.4 Å². The van der Waals surface area contributed by atoms with Gasteiger partial charge in [0.05, 0.1) is 12.3 Å². The lowest BCUT2D eigenvalue weighted by Gasteiger charge is -2.27. The van der Waals surface area contributed by atoms with Crippen molar-refractivity contribution >= 4 is 17.7 Å². The van der Waals surface area contributed by atoms with Gasteiger partial charge < -0.3 is 20.5 Å². The van der Waals surface area contributed by atoms with Gasteiger partial charge in [-0.1, -0.05) is 12.1 Å². The molecule has 1 aromatic carbocycles. The quantitative estimate of drug-likeness (QED) is 0.384. The second kappa shape index (κ2) is 10.4. The highest BCUT2D eigenvalue weighted by molar-refractivity contribution is 5.97. The van der Waals surface area contributed by atoms with E-state index in [4.69, 9.17) is 9.84 Å². The molecule has 4 rings (SSSR count). The minimum absolute atomic E-state index is 0.0694. The summed E-state index contributed by atoms with van der Waals surface area (Å²) in [6, 6.07) is 7.09. The average molecular weight is 455 g/mol. The monoisotopic (exact) mass is 454 g/mol. The highest BCUT2D eigenvalue weighted by Gasteiger charge is 2.48. The zero-order valence-electron chi connectivity index (χ0n) is 19.4. The summed E-state index contributed by atoms with van der Waals surface area (Å²) in [6.45, 7) is 4.25. The molecule has 8 heteroatoms. The summed E-state index contributed by atoms with van der Waals surface area (Å²) in [6.07, 6.45) is 5.04.